The monoisotopic (exact) mass is 242 g/mol. The van der Waals surface area contributed by atoms with E-state index in [4.69, 9.17) is 0 Å². The van der Waals surface area contributed by atoms with E-state index in [9.17, 15) is 10.2 Å². The summed E-state index contributed by atoms with van der Waals surface area (Å²) in [7, 11) is 0. The van der Waals surface area contributed by atoms with Crippen LogP contribution in [0.2, 0.25) is 0 Å². The Morgan fingerprint density at radius 3 is 1.33 bits per heavy atom. The van der Waals surface area contributed by atoms with Crippen molar-refractivity contribution in [1.29, 1.82) is 0 Å². The molecule has 2 nitrogen and oxygen atoms in total. The van der Waals surface area contributed by atoms with Gasteiger partial charge >= 0.3 is 0 Å². The van der Waals surface area contributed by atoms with Crippen molar-refractivity contribution in [3.05, 3.63) is 71.8 Å². The van der Waals surface area contributed by atoms with Crippen LogP contribution in [0.1, 0.15) is 30.3 Å². The quantitative estimate of drug-likeness (QED) is 0.865. The second-order valence-corrected chi connectivity index (χ2v) is 4.57. The third-order valence-corrected chi connectivity index (χ3v) is 3.28. The maximum absolute atomic E-state index is 10.3. The number of aliphatic hydroxyl groups is 2. The molecule has 0 aliphatic rings. The minimum atomic E-state index is -0.665. The Balaban J connectivity index is 2.14. The van der Waals surface area contributed by atoms with Gasteiger partial charge in [-0.3, -0.25) is 0 Å². The average Bonchev–Trinajstić information content (AvgIpc) is 2.47. The van der Waals surface area contributed by atoms with Gasteiger partial charge in [0.05, 0.1) is 12.2 Å². The molecule has 0 aliphatic heterocycles. The molecule has 0 amide bonds. The molecule has 0 saturated carbocycles. The van der Waals surface area contributed by atoms with Gasteiger partial charge in [0.25, 0.3) is 0 Å². The summed E-state index contributed by atoms with van der Waals surface area (Å²) < 4.78 is 0. The van der Waals surface area contributed by atoms with Crippen LogP contribution in [-0.2, 0) is 0 Å². The lowest BCUT2D eigenvalue weighted by Crippen LogP contribution is -2.17. The molecule has 2 atom stereocenters. The molecule has 0 spiro atoms. The summed E-state index contributed by atoms with van der Waals surface area (Å²) >= 11 is 0. The van der Waals surface area contributed by atoms with Crippen LogP contribution in [0.5, 0.6) is 0 Å². The van der Waals surface area contributed by atoms with Crippen LogP contribution in [-0.4, -0.2) is 10.2 Å². The number of benzene rings is 2. The molecule has 0 radical (unpaired) electrons. The maximum Gasteiger partial charge on any atom is 0.0843 e. The summed E-state index contributed by atoms with van der Waals surface area (Å²) in [4.78, 5) is 0. The molecule has 2 heteroatoms. The first-order chi connectivity index (χ1) is 8.70. The third kappa shape index (κ3) is 2.78. The normalized spacial score (nSPS) is 15.9. The van der Waals surface area contributed by atoms with Crippen molar-refractivity contribution >= 4 is 0 Å². The van der Waals surface area contributed by atoms with E-state index in [-0.39, 0.29) is 5.92 Å². The lowest BCUT2D eigenvalue weighted by atomic mass is 9.89. The standard InChI is InChI=1S/C16H18O2/c1-12(15(17)13-8-4-2-5-9-13)16(18)14-10-6-3-7-11-14/h2-12,15-18H,1H3. The summed E-state index contributed by atoms with van der Waals surface area (Å²) in [6, 6.07) is 18.9. The third-order valence-electron chi connectivity index (χ3n) is 3.28. The van der Waals surface area contributed by atoms with Crippen molar-refractivity contribution < 1.29 is 10.2 Å². The highest BCUT2D eigenvalue weighted by Gasteiger charge is 2.24. The van der Waals surface area contributed by atoms with Gasteiger partial charge in [-0.2, -0.15) is 0 Å². The summed E-state index contributed by atoms with van der Waals surface area (Å²) in [6.07, 6.45) is -1.33. The highest BCUT2D eigenvalue weighted by atomic mass is 16.3. The van der Waals surface area contributed by atoms with Gasteiger partial charge in [-0.05, 0) is 11.1 Å². The molecule has 2 aromatic rings. The van der Waals surface area contributed by atoms with Crippen LogP contribution in [0.15, 0.2) is 60.7 Å². The predicted octanol–water partition coefficient (Wildman–Crippen LogP) is 3.09. The van der Waals surface area contributed by atoms with Gasteiger partial charge < -0.3 is 10.2 Å². The molecule has 2 unspecified atom stereocenters. The zero-order valence-corrected chi connectivity index (χ0v) is 10.4. The number of hydrogen-bond donors (Lipinski definition) is 2. The zero-order valence-electron chi connectivity index (χ0n) is 10.4. The van der Waals surface area contributed by atoms with Crippen molar-refractivity contribution in [2.75, 3.05) is 0 Å². The van der Waals surface area contributed by atoms with Gasteiger partial charge in [-0.25, -0.2) is 0 Å². The molecule has 2 N–H and O–H groups in total. The van der Waals surface area contributed by atoms with Crippen LogP contribution in [0.4, 0.5) is 0 Å². The first-order valence-electron chi connectivity index (χ1n) is 6.16. The van der Waals surface area contributed by atoms with Crippen molar-refractivity contribution in [3.63, 3.8) is 0 Å². The maximum atomic E-state index is 10.3. The van der Waals surface area contributed by atoms with Gasteiger partial charge in [0.2, 0.25) is 0 Å². The Morgan fingerprint density at radius 2 is 1.00 bits per heavy atom. The van der Waals surface area contributed by atoms with Crippen LogP contribution in [0, 0.1) is 5.92 Å². The Hall–Kier alpha value is -1.64. The first-order valence-corrected chi connectivity index (χ1v) is 6.16. The number of hydrogen-bond acceptors (Lipinski definition) is 2. The van der Waals surface area contributed by atoms with Gasteiger partial charge in [-0.15, -0.1) is 0 Å². The first kappa shape index (κ1) is 12.8. The van der Waals surface area contributed by atoms with E-state index in [1.165, 1.54) is 0 Å². The minimum Gasteiger partial charge on any atom is -0.388 e. The Bertz CT molecular complexity index is 421. The smallest absolute Gasteiger partial charge is 0.0843 e. The Morgan fingerprint density at radius 1 is 0.667 bits per heavy atom. The molecule has 0 aliphatic carbocycles. The Labute approximate surface area is 108 Å². The van der Waals surface area contributed by atoms with Gasteiger partial charge in [0.1, 0.15) is 0 Å². The van der Waals surface area contributed by atoms with Crippen molar-refractivity contribution in [3.8, 4) is 0 Å². The summed E-state index contributed by atoms with van der Waals surface area (Å²) in [5, 5.41) is 20.5. The lowest BCUT2D eigenvalue weighted by Gasteiger charge is -2.24. The molecule has 0 heterocycles. The van der Waals surface area contributed by atoms with E-state index in [1.807, 2.05) is 67.6 Å². The number of rotatable bonds is 4. The predicted molar refractivity (Wildman–Crippen MR) is 72.0 cm³/mol. The molecule has 2 rings (SSSR count). The molecular weight excluding hydrogens is 224 g/mol. The van der Waals surface area contributed by atoms with Crippen LogP contribution in [0.25, 0.3) is 0 Å². The lowest BCUT2D eigenvalue weighted by molar-refractivity contribution is 0.0199. The van der Waals surface area contributed by atoms with Crippen molar-refractivity contribution in [2.45, 2.75) is 19.1 Å². The largest absolute Gasteiger partial charge is 0.388 e. The molecule has 0 saturated heterocycles. The van der Waals surface area contributed by atoms with Crippen molar-refractivity contribution in [1.82, 2.24) is 0 Å². The molecule has 18 heavy (non-hydrogen) atoms. The molecule has 0 aromatic heterocycles. The van der Waals surface area contributed by atoms with E-state index in [0.717, 1.165) is 11.1 Å². The van der Waals surface area contributed by atoms with Crippen LogP contribution >= 0.6 is 0 Å². The van der Waals surface area contributed by atoms with Crippen LogP contribution < -0.4 is 0 Å². The SMILES string of the molecule is CC(C(O)c1ccccc1)C(O)c1ccccc1. The minimum absolute atomic E-state index is 0.255. The second-order valence-electron chi connectivity index (χ2n) is 4.57. The second kappa shape index (κ2) is 5.80. The van der Waals surface area contributed by atoms with E-state index >= 15 is 0 Å². The average molecular weight is 242 g/mol. The summed E-state index contributed by atoms with van der Waals surface area (Å²) in [6.45, 7) is 1.86. The fourth-order valence-electron chi connectivity index (χ4n) is 2.08. The fraction of sp³-hybridized carbons (Fsp3) is 0.250. The topological polar surface area (TPSA) is 40.5 Å². The van der Waals surface area contributed by atoms with E-state index in [2.05, 4.69) is 0 Å². The molecule has 0 bridgehead atoms. The van der Waals surface area contributed by atoms with Gasteiger partial charge in [-0.1, -0.05) is 67.6 Å². The van der Waals surface area contributed by atoms with E-state index < -0.39 is 12.2 Å². The highest BCUT2D eigenvalue weighted by Crippen LogP contribution is 2.32. The van der Waals surface area contributed by atoms with Gasteiger partial charge in [0.15, 0.2) is 0 Å². The summed E-state index contributed by atoms with van der Waals surface area (Å²) in [5.41, 5.74) is 1.67. The molecular formula is C16H18O2. The van der Waals surface area contributed by atoms with E-state index in [1.54, 1.807) is 0 Å². The Kier molecular flexibility index (Phi) is 4.13. The summed E-state index contributed by atoms with van der Waals surface area (Å²) in [5.74, 6) is -0.255. The van der Waals surface area contributed by atoms with Crippen LogP contribution in [0.3, 0.4) is 0 Å². The molecule has 2 aromatic carbocycles. The van der Waals surface area contributed by atoms with Gasteiger partial charge in [0, 0.05) is 5.92 Å². The fourth-order valence-corrected chi connectivity index (χ4v) is 2.08. The zero-order chi connectivity index (χ0) is 13.0. The highest BCUT2D eigenvalue weighted by molar-refractivity contribution is 5.22. The molecule has 94 valence electrons. The molecule has 0 fully saturated rings. The van der Waals surface area contributed by atoms with E-state index in [0.29, 0.717) is 0 Å². The van der Waals surface area contributed by atoms with Crippen molar-refractivity contribution in [2.24, 2.45) is 5.92 Å². The number of aliphatic hydroxyl groups excluding tert-OH is 2.